The van der Waals surface area contributed by atoms with Crippen LogP contribution in [0.25, 0.3) is 10.4 Å². The monoisotopic (exact) mass is 569 g/mol. The van der Waals surface area contributed by atoms with E-state index in [1.807, 2.05) is 37.3 Å². The van der Waals surface area contributed by atoms with Crippen LogP contribution >= 0.6 is 11.3 Å². The fourth-order valence-electron chi connectivity index (χ4n) is 4.09. The van der Waals surface area contributed by atoms with Gasteiger partial charge in [0.2, 0.25) is 5.06 Å². The van der Waals surface area contributed by atoms with Gasteiger partial charge in [-0.3, -0.25) is 4.79 Å². The van der Waals surface area contributed by atoms with Crippen LogP contribution in [0.2, 0.25) is 0 Å². The van der Waals surface area contributed by atoms with Gasteiger partial charge in [-0.1, -0.05) is 59.9 Å². The molecule has 6 nitrogen and oxygen atoms in total. The van der Waals surface area contributed by atoms with Crippen LogP contribution in [-0.4, -0.2) is 23.2 Å². The number of carboxylic acid groups (broad SMARTS) is 1. The third-order valence-electron chi connectivity index (χ3n) is 5.93. The van der Waals surface area contributed by atoms with Gasteiger partial charge in [0.25, 0.3) is 5.91 Å². The number of rotatable bonds is 8. The van der Waals surface area contributed by atoms with Crippen molar-refractivity contribution >= 4 is 29.1 Å². The maximum atomic E-state index is 14.0. The number of benzene rings is 3. The summed E-state index contributed by atoms with van der Waals surface area (Å²) in [6.07, 6.45) is -6.17. The van der Waals surface area contributed by atoms with Crippen LogP contribution in [0.3, 0.4) is 0 Å². The molecule has 1 amide bonds. The van der Waals surface area contributed by atoms with Crippen LogP contribution in [0.4, 0.5) is 23.7 Å². The molecule has 0 atom stereocenters. The fraction of sp³-hybridized carbons (Fsp3) is 0.200. The molecule has 3 aromatic carbocycles. The zero-order chi connectivity index (χ0) is 29.0. The van der Waals surface area contributed by atoms with E-state index in [0.29, 0.717) is 10.6 Å². The van der Waals surface area contributed by atoms with Crippen LogP contribution in [-0.2, 0) is 12.8 Å². The summed E-state index contributed by atoms with van der Waals surface area (Å²) < 4.78 is 51.1. The van der Waals surface area contributed by atoms with Gasteiger partial charge in [-0.05, 0) is 67.8 Å². The number of thiophene rings is 1. The van der Waals surface area contributed by atoms with E-state index in [2.05, 4.69) is 0 Å². The number of ether oxygens (including phenoxy) is 2. The highest BCUT2D eigenvalue weighted by atomic mass is 32.1. The Morgan fingerprint density at radius 1 is 0.975 bits per heavy atom. The van der Waals surface area contributed by atoms with Crippen LogP contribution in [0.15, 0.2) is 78.9 Å². The summed E-state index contributed by atoms with van der Waals surface area (Å²) in [5.74, 6) is -0.143. The van der Waals surface area contributed by atoms with Crippen molar-refractivity contribution < 1.29 is 37.3 Å². The number of aryl methyl sites for hydroxylation is 1. The number of hydrogen-bond acceptors (Lipinski definition) is 5. The molecule has 0 aliphatic carbocycles. The summed E-state index contributed by atoms with van der Waals surface area (Å²) >= 11 is 0.837. The molecule has 1 heterocycles. The summed E-state index contributed by atoms with van der Waals surface area (Å²) in [5, 5.41) is 9.22. The molecule has 0 aliphatic heterocycles. The molecular weight excluding hydrogens is 543 g/mol. The first kappa shape index (κ1) is 28.7. The highest BCUT2D eigenvalue weighted by molar-refractivity contribution is 7.18. The van der Waals surface area contributed by atoms with Crippen LogP contribution in [0.5, 0.6) is 10.8 Å². The maximum absolute atomic E-state index is 14.0. The Morgan fingerprint density at radius 3 is 2.35 bits per heavy atom. The van der Waals surface area contributed by atoms with Gasteiger partial charge in [-0.2, -0.15) is 13.2 Å². The number of nitrogens with zero attached hydrogens (tertiary/aromatic N) is 1. The standard InChI is InChI=1S/C30H26F3NO5S/c1-18(2)34(27(35)23-13-12-19(3)14-25(23)38-17-20-8-5-4-6-9-20)24-16-26(40-28(24)39-29(36)37)21-10-7-11-22(15-21)30(31,32)33/h4-16,18H,17H2,1-3H3,(H,36,37). The topological polar surface area (TPSA) is 76.1 Å². The molecule has 0 unspecified atom stereocenters. The quantitative estimate of drug-likeness (QED) is 0.216. The van der Waals surface area contributed by atoms with Gasteiger partial charge < -0.3 is 19.5 Å². The smallest absolute Gasteiger partial charge is 0.488 e. The number of carbonyl (C=O) groups excluding carboxylic acids is 1. The third-order valence-corrected chi connectivity index (χ3v) is 6.98. The lowest BCUT2D eigenvalue weighted by Crippen LogP contribution is -2.37. The molecule has 10 heteroatoms. The van der Waals surface area contributed by atoms with E-state index in [1.54, 1.807) is 32.0 Å². The minimum atomic E-state index is -4.56. The second kappa shape index (κ2) is 11.8. The summed E-state index contributed by atoms with van der Waals surface area (Å²) in [6, 6.07) is 20.2. The highest BCUT2D eigenvalue weighted by Crippen LogP contribution is 2.45. The van der Waals surface area contributed by atoms with Crippen molar-refractivity contribution in [3.63, 3.8) is 0 Å². The summed E-state index contributed by atoms with van der Waals surface area (Å²) in [4.78, 5) is 27.2. The first-order chi connectivity index (χ1) is 18.9. The van der Waals surface area contributed by atoms with Gasteiger partial charge >= 0.3 is 12.3 Å². The van der Waals surface area contributed by atoms with Crippen molar-refractivity contribution in [3.8, 4) is 21.3 Å². The minimum absolute atomic E-state index is 0.120. The predicted molar refractivity (Wildman–Crippen MR) is 147 cm³/mol. The van der Waals surface area contributed by atoms with Gasteiger partial charge in [0.15, 0.2) is 0 Å². The van der Waals surface area contributed by atoms with E-state index in [1.165, 1.54) is 23.1 Å². The summed E-state index contributed by atoms with van der Waals surface area (Å²) in [5.41, 5.74) is 1.49. The molecular formula is C30H26F3NO5S. The van der Waals surface area contributed by atoms with Crippen molar-refractivity contribution in [2.24, 2.45) is 0 Å². The Balaban J connectivity index is 1.76. The maximum Gasteiger partial charge on any atom is 0.512 e. The molecule has 4 rings (SSSR count). The van der Waals surface area contributed by atoms with Gasteiger partial charge in [0.05, 0.1) is 16.8 Å². The SMILES string of the molecule is Cc1ccc(C(=O)N(c2cc(-c3cccc(C(F)(F)F)c3)sc2OC(=O)O)C(C)C)c(OCc2ccccc2)c1. The Hall–Kier alpha value is -4.31. The molecule has 1 aromatic heterocycles. The molecule has 0 radical (unpaired) electrons. The average molecular weight is 570 g/mol. The van der Waals surface area contributed by atoms with Crippen molar-refractivity contribution in [2.45, 2.75) is 39.6 Å². The second-order valence-corrected chi connectivity index (χ2v) is 10.3. The number of halogens is 3. The lowest BCUT2D eigenvalue weighted by Gasteiger charge is -2.27. The van der Waals surface area contributed by atoms with Gasteiger partial charge in [-0.25, -0.2) is 4.79 Å². The minimum Gasteiger partial charge on any atom is -0.488 e. The number of amides is 1. The Morgan fingerprint density at radius 2 is 1.70 bits per heavy atom. The van der Waals surface area contributed by atoms with Gasteiger partial charge in [-0.15, -0.1) is 0 Å². The zero-order valence-corrected chi connectivity index (χ0v) is 22.7. The van der Waals surface area contributed by atoms with Crippen molar-refractivity contribution in [3.05, 3.63) is 101 Å². The normalized spacial score (nSPS) is 11.4. The molecule has 0 bridgehead atoms. The highest BCUT2D eigenvalue weighted by Gasteiger charge is 2.32. The molecule has 0 fully saturated rings. The second-order valence-electron chi connectivity index (χ2n) is 9.27. The van der Waals surface area contributed by atoms with Crippen molar-refractivity contribution in [2.75, 3.05) is 4.90 Å². The molecule has 0 saturated heterocycles. The molecule has 4 aromatic rings. The third kappa shape index (κ3) is 6.63. The van der Waals surface area contributed by atoms with Crippen LogP contribution in [0, 0.1) is 6.92 Å². The van der Waals surface area contributed by atoms with Gasteiger partial charge in [0, 0.05) is 10.9 Å². The lowest BCUT2D eigenvalue weighted by atomic mass is 10.1. The van der Waals surface area contributed by atoms with E-state index in [4.69, 9.17) is 9.47 Å². The number of alkyl halides is 3. The lowest BCUT2D eigenvalue weighted by molar-refractivity contribution is -0.137. The molecule has 0 saturated carbocycles. The van der Waals surface area contributed by atoms with Crippen LogP contribution < -0.4 is 14.4 Å². The van der Waals surface area contributed by atoms with E-state index in [-0.39, 0.29) is 28.5 Å². The largest absolute Gasteiger partial charge is 0.512 e. The summed E-state index contributed by atoms with van der Waals surface area (Å²) in [7, 11) is 0. The average Bonchev–Trinajstić information content (AvgIpc) is 3.30. The molecule has 0 spiro atoms. The van der Waals surface area contributed by atoms with E-state index < -0.39 is 29.8 Å². The molecule has 0 aliphatic rings. The predicted octanol–water partition coefficient (Wildman–Crippen LogP) is 8.43. The van der Waals surface area contributed by atoms with Gasteiger partial charge in [0.1, 0.15) is 12.4 Å². The van der Waals surface area contributed by atoms with E-state index >= 15 is 0 Å². The van der Waals surface area contributed by atoms with Crippen LogP contribution in [0.1, 0.15) is 40.9 Å². The van der Waals surface area contributed by atoms with Crippen molar-refractivity contribution in [1.82, 2.24) is 0 Å². The van der Waals surface area contributed by atoms with E-state index in [0.717, 1.165) is 34.6 Å². The number of anilines is 1. The van der Waals surface area contributed by atoms with E-state index in [9.17, 15) is 27.9 Å². The molecule has 208 valence electrons. The summed E-state index contributed by atoms with van der Waals surface area (Å²) in [6.45, 7) is 5.56. The molecule has 40 heavy (non-hydrogen) atoms. The number of carbonyl (C=O) groups is 2. The molecule has 1 N–H and O–H groups in total. The first-order valence-corrected chi connectivity index (χ1v) is 13.1. The zero-order valence-electron chi connectivity index (χ0n) is 21.9. The number of hydrogen-bond donors (Lipinski definition) is 1. The Kier molecular flexibility index (Phi) is 8.49. The fourth-order valence-corrected chi connectivity index (χ4v) is 5.08. The Bertz CT molecular complexity index is 1520. The Labute approximate surface area is 233 Å². The first-order valence-electron chi connectivity index (χ1n) is 12.3. The van der Waals surface area contributed by atoms with Crippen molar-refractivity contribution in [1.29, 1.82) is 0 Å².